The van der Waals surface area contributed by atoms with Crippen molar-refractivity contribution in [3.05, 3.63) is 83.9 Å². The molecule has 2 fully saturated rings. The van der Waals surface area contributed by atoms with E-state index < -0.39 is 55.3 Å². The highest BCUT2D eigenvalue weighted by Crippen LogP contribution is 2.40. The maximum absolute atomic E-state index is 10.4. The lowest BCUT2D eigenvalue weighted by atomic mass is 9.99. The normalized spacial score (nSPS) is 23.4. The fourth-order valence-corrected chi connectivity index (χ4v) is 8.28. The van der Waals surface area contributed by atoms with Gasteiger partial charge in [0.15, 0.2) is 58.2 Å². The number of hydrogen-bond donors (Lipinski definition) is 7. The zero-order chi connectivity index (χ0) is 50.1. The molecule has 70 heavy (non-hydrogen) atoms. The summed E-state index contributed by atoms with van der Waals surface area (Å²) < 4.78 is 66.7. The standard InChI is InChI=1S/C31H40O14.C20H22O5/c1-38-19-7-6-16(11-21(19)39-2)20-12-17-9-15(10-22(40-3)29(17)44-20)5-4-8-41-31-28(37)26(35)25(34)23(45-31)14-43-30-27(36)24(33)18(32)13-42-30;1-22-16-7-6-14(11-18(16)23-2)17-12-15-9-13(5-4-8-21)10-19(24-3)20(15)25-17/h6-7,9-12,18,23-28,30-37H,4-5,8,13-14H2,1-3H3;6-7,9-12,21H,4-5,8H2,1-3H3/t18-,23?,24+,25-,26+,27?,28?,30+,31-;/m1./s1. The number of furan rings is 2. The van der Waals surface area contributed by atoms with Crippen LogP contribution in [0.4, 0.5) is 0 Å². The van der Waals surface area contributed by atoms with Gasteiger partial charge in [0.1, 0.15) is 54.2 Å². The molecule has 19 nitrogen and oxygen atoms in total. The van der Waals surface area contributed by atoms with Gasteiger partial charge in [-0.2, -0.15) is 0 Å². The first-order chi connectivity index (χ1) is 33.8. The van der Waals surface area contributed by atoms with Crippen LogP contribution >= 0.6 is 0 Å². The lowest BCUT2D eigenvalue weighted by Crippen LogP contribution is -2.60. The monoisotopic (exact) mass is 978 g/mol. The van der Waals surface area contributed by atoms with Gasteiger partial charge in [0.25, 0.3) is 0 Å². The predicted molar refractivity (Wildman–Crippen MR) is 253 cm³/mol. The minimum atomic E-state index is -1.59. The van der Waals surface area contributed by atoms with Crippen molar-refractivity contribution >= 4 is 21.9 Å². The van der Waals surface area contributed by atoms with Crippen molar-refractivity contribution in [1.29, 1.82) is 0 Å². The Kier molecular flexibility index (Phi) is 17.8. The number of aryl methyl sites for hydroxylation is 2. The third-order valence-electron chi connectivity index (χ3n) is 12.1. The lowest BCUT2D eigenvalue weighted by molar-refractivity contribution is -0.320. The summed E-state index contributed by atoms with van der Waals surface area (Å²) in [4.78, 5) is 0. The number of ether oxygens (including phenoxy) is 10. The average Bonchev–Trinajstić information content (AvgIpc) is 4.03. The van der Waals surface area contributed by atoms with Gasteiger partial charge in [0, 0.05) is 28.5 Å². The second-order valence-corrected chi connectivity index (χ2v) is 16.7. The Labute approximate surface area is 404 Å². The van der Waals surface area contributed by atoms with Gasteiger partial charge in [0.05, 0.1) is 62.5 Å². The van der Waals surface area contributed by atoms with E-state index in [0.29, 0.717) is 64.3 Å². The average molecular weight is 979 g/mol. The molecule has 2 aromatic heterocycles. The van der Waals surface area contributed by atoms with Crippen LogP contribution in [0, 0.1) is 0 Å². The summed E-state index contributed by atoms with van der Waals surface area (Å²) in [6.07, 6.45) is -10.00. The summed E-state index contributed by atoms with van der Waals surface area (Å²) in [6, 6.07) is 23.0. The van der Waals surface area contributed by atoms with E-state index in [2.05, 4.69) is 6.07 Å². The fourth-order valence-electron chi connectivity index (χ4n) is 8.28. The second kappa shape index (κ2) is 24.0. The molecule has 0 amide bonds. The predicted octanol–water partition coefficient (Wildman–Crippen LogP) is 4.39. The van der Waals surface area contributed by atoms with Crippen LogP contribution in [-0.2, 0) is 31.8 Å². The molecule has 6 aromatic rings. The lowest BCUT2D eigenvalue weighted by Gasteiger charge is -2.41. The maximum atomic E-state index is 10.4. The van der Waals surface area contributed by atoms with E-state index >= 15 is 0 Å². The summed E-state index contributed by atoms with van der Waals surface area (Å²) in [6.45, 7) is -0.300. The molecule has 0 bridgehead atoms. The van der Waals surface area contributed by atoms with E-state index in [9.17, 15) is 30.6 Å². The van der Waals surface area contributed by atoms with E-state index in [4.69, 9.17) is 61.3 Å². The minimum absolute atomic E-state index is 0.148. The molecule has 19 heteroatoms. The van der Waals surface area contributed by atoms with Gasteiger partial charge < -0.3 is 91.9 Å². The summed E-state index contributed by atoms with van der Waals surface area (Å²) in [5.74, 6) is 5.12. The Morgan fingerprint density at radius 3 is 1.50 bits per heavy atom. The van der Waals surface area contributed by atoms with Gasteiger partial charge in [-0.3, -0.25) is 0 Å². The third-order valence-corrected chi connectivity index (χ3v) is 12.1. The summed E-state index contributed by atoms with van der Waals surface area (Å²) >= 11 is 0. The summed E-state index contributed by atoms with van der Waals surface area (Å²) in [5.41, 5.74) is 5.07. The van der Waals surface area contributed by atoms with Crippen LogP contribution in [0.5, 0.6) is 34.5 Å². The highest BCUT2D eigenvalue weighted by Gasteiger charge is 2.46. The van der Waals surface area contributed by atoms with Gasteiger partial charge >= 0.3 is 0 Å². The molecule has 9 atom stereocenters. The van der Waals surface area contributed by atoms with Crippen LogP contribution in [0.3, 0.4) is 0 Å². The van der Waals surface area contributed by atoms with Crippen LogP contribution in [-0.4, -0.2) is 160 Å². The van der Waals surface area contributed by atoms with E-state index in [1.54, 1.807) is 48.7 Å². The number of aliphatic hydroxyl groups excluding tert-OH is 7. The smallest absolute Gasteiger partial charge is 0.186 e. The molecule has 3 unspecified atom stereocenters. The molecule has 4 heterocycles. The molecular formula is C51H62O19. The first-order valence-corrected chi connectivity index (χ1v) is 22.7. The van der Waals surface area contributed by atoms with E-state index in [0.717, 1.165) is 51.6 Å². The highest BCUT2D eigenvalue weighted by molar-refractivity contribution is 5.89. The molecule has 0 aliphatic carbocycles. The Hall–Kier alpha value is -5.68. The van der Waals surface area contributed by atoms with E-state index in [1.807, 2.05) is 60.7 Å². The highest BCUT2D eigenvalue weighted by atomic mass is 16.7. The second-order valence-electron chi connectivity index (χ2n) is 16.7. The molecule has 2 aliphatic heterocycles. The van der Waals surface area contributed by atoms with Crippen molar-refractivity contribution in [2.24, 2.45) is 0 Å². The summed E-state index contributed by atoms with van der Waals surface area (Å²) in [7, 11) is 9.55. The molecule has 380 valence electrons. The molecule has 2 aliphatic rings. The quantitative estimate of drug-likeness (QED) is 0.0555. The van der Waals surface area contributed by atoms with Crippen LogP contribution in [0.2, 0.25) is 0 Å². The number of methoxy groups -OCH3 is 6. The largest absolute Gasteiger partial charge is 0.493 e. The van der Waals surface area contributed by atoms with Crippen LogP contribution in [0.15, 0.2) is 81.6 Å². The Morgan fingerprint density at radius 1 is 0.500 bits per heavy atom. The molecule has 8 rings (SSSR count). The van der Waals surface area contributed by atoms with E-state index in [1.165, 1.54) is 0 Å². The molecular weight excluding hydrogens is 917 g/mol. The Bertz CT molecular complexity index is 2630. The molecule has 2 saturated heterocycles. The zero-order valence-corrected chi connectivity index (χ0v) is 39.8. The molecule has 4 aromatic carbocycles. The van der Waals surface area contributed by atoms with Gasteiger partial charge in [-0.1, -0.05) is 0 Å². The van der Waals surface area contributed by atoms with Crippen molar-refractivity contribution in [1.82, 2.24) is 0 Å². The third kappa shape index (κ3) is 11.7. The SMILES string of the molecule is COc1ccc(-c2cc3cc(CCCO)cc(OC)c3o2)cc1OC.COc1ccc(-c2cc3cc(CCCO[C@@H]4OC(CO[C@@H]5OC[C@@H](O)[C@H](O)C5O)[C@@H](O)[C@H](O)C4O)cc(OC)c3o2)cc1OC. The van der Waals surface area contributed by atoms with Crippen molar-refractivity contribution in [2.75, 3.05) is 69.1 Å². The van der Waals surface area contributed by atoms with Crippen LogP contribution in [0.25, 0.3) is 44.6 Å². The first kappa shape index (κ1) is 52.2. The number of hydrogen-bond acceptors (Lipinski definition) is 19. The number of benzene rings is 4. The van der Waals surface area contributed by atoms with Crippen molar-refractivity contribution < 1.29 is 91.9 Å². The molecule has 7 N–H and O–H groups in total. The first-order valence-electron chi connectivity index (χ1n) is 22.7. The number of rotatable bonds is 19. The van der Waals surface area contributed by atoms with Crippen molar-refractivity contribution in [3.8, 4) is 57.1 Å². The van der Waals surface area contributed by atoms with Crippen molar-refractivity contribution in [2.45, 2.75) is 81.0 Å². The fraction of sp³-hybridized carbons (Fsp3) is 0.451. The van der Waals surface area contributed by atoms with Gasteiger partial charge in [-0.05, 0) is 110 Å². The minimum Gasteiger partial charge on any atom is -0.493 e. The maximum Gasteiger partial charge on any atom is 0.186 e. The van der Waals surface area contributed by atoms with E-state index in [-0.39, 0.29) is 26.4 Å². The zero-order valence-electron chi connectivity index (χ0n) is 39.8. The van der Waals surface area contributed by atoms with Crippen molar-refractivity contribution in [3.63, 3.8) is 0 Å². The van der Waals surface area contributed by atoms with Gasteiger partial charge in [-0.15, -0.1) is 0 Å². The Balaban J connectivity index is 0.000000243. The summed E-state index contributed by atoms with van der Waals surface area (Å²) in [5, 5.41) is 71.6. The molecule has 0 saturated carbocycles. The molecule has 0 spiro atoms. The van der Waals surface area contributed by atoms with Gasteiger partial charge in [-0.25, -0.2) is 0 Å². The number of fused-ring (bicyclic) bond motifs is 2. The Morgan fingerprint density at radius 2 is 1.00 bits per heavy atom. The van der Waals surface area contributed by atoms with Gasteiger partial charge in [0.2, 0.25) is 0 Å². The van der Waals surface area contributed by atoms with Crippen LogP contribution < -0.4 is 28.4 Å². The molecule has 0 radical (unpaired) electrons. The topological polar surface area (TPSA) is 260 Å². The van der Waals surface area contributed by atoms with Crippen LogP contribution in [0.1, 0.15) is 24.0 Å². The number of aliphatic hydroxyl groups is 7.